The molecule has 0 saturated carbocycles. The van der Waals surface area contributed by atoms with Gasteiger partial charge in [-0.1, -0.05) is 30.3 Å². The average molecular weight is 263 g/mol. The normalized spacial score (nSPS) is 19.2. The largest absolute Gasteiger partial charge is 0.481 e. The lowest BCUT2D eigenvalue weighted by Gasteiger charge is -2.32. The zero-order chi connectivity index (χ0) is 13.7. The van der Waals surface area contributed by atoms with Crippen molar-refractivity contribution < 1.29 is 14.6 Å². The number of likely N-dealkylation sites (tertiary alicyclic amines) is 1. The first-order valence-corrected chi connectivity index (χ1v) is 6.73. The molecule has 1 aromatic rings. The van der Waals surface area contributed by atoms with Crippen LogP contribution in [0, 0.1) is 0 Å². The van der Waals surface area contributed by atoms with Crippen LogP contribution < -0.4 is 0 Å². The van der Waals surface area contributed by atoms with Crippen LogP contribution in [-0.4, -0.2) is 48.8 Å². The minimum atomic E-state index is -0.750. The van der Waals surface area contributed by atoms with Crippen LogP contribution in [0.3, 0.4) is 0 Å². The molecule has 0 aliphatic carbocycles. The molecule has 1 atom stereocenters. The number of nitrogens with zero attached hydrogens (tertiary/aromatic N) is 1. The monoisotopic (exact) mass is 263 g/mol. The lowest BCUT2D eigenvalue weighted by molar-refractivity contribution is -0.139. The van der Waals surface area contributed by atoms with E-state index in [0.29, 0.717) is 12.6 Å². The number of methoxy groups -OCH3 is 1. The fourth-order valence-corrected chi connectivity index (χ4v) is 2.60. The molecule has 4 heteroatoms. The van der Waals surface area contributed by atoms with E-state index in [1.807, 2.05) is 30.3 Å². The zero-order valence-corrected chi connectivity index (χ0v) is 11.3. The third kappa shape index (κ3) is 3.78. The number of piperidine rings is 1. The molecule has 104 valence electrons. The summed E-state index contributed by atoms with van der Waals surface area (Å²) in [4.78, 5) is 13.7. The summed E-state index contributed by atoms with van der Waals surface area (Å²) in [6.07, 6.45) is 2.30. The van der Waals surface area contributed by atoms with Crippen LogP contribution in [0.2, 0.25) is 0 Å². The highest BCUT2D eigenvalue weighted by molar-refractivity contribution is 5.76. The number of aliphatic carboxylic acids is 1. The molecule has 0 aromatic heterocycles. The van der Waals surface area contributed by atoms with E-state index >= 15 is 0 Å². The van der Waals surface area contributed by atoms with Gasteiger partial charge in [0.05, 0.1) is 12.0 Å². The van der Waals surface area contributed by atoms with E-state index < -0.39 is 11.9 Å². The van der Waals surface area contributed by atoms with Crippen molar-refractivity contribution in [3.8, 4) is 0 Å². The molecule has 0 amide bonds. The first-order chi connectivity index (χ1) is 9.20. The minimum Gasteiger partial charge on any atom is -0.481 e. The molecule has 1 aliphatic rings. The molecule has 0 radical (unpaired) electrons. The van der Waals surface area contributed by atoms with Gasteiger partial charge < -0.3 is 14.7 Å². The van der Waals surface area contributed by atoms with Crippen LogP contribution in [0.25, 0.3) is 0 Å². The van der Waals surface area contributed by atoms with Gasteiger partial charge in [-0.2, -0.15) is 0 Å². The number of benzene rings is 1. The number of hydrogen-bond donors (Lipinski definition) is 1. The molecule has 1 unspecified atom stereocenters. The second-order valence-electron chi connectivity index (χ2n) is 5.04. The van der Waals surface area contributed by atoms with E-state index in [9.17, 15) is 9.90 Å². The van der Waals surface area contributed by atoms with E-state index in [0.717, 1.165) is 31.5 Å². The van der Waals surface area contributed by atoms with Crippen molar-refractivity contribution in [2.45, 2.75) is 24.9 Å². The standard InChI is InChI=1S/C15H21NO3/c1-19-13-7-9-16(10-8-13)11-14(15(17)18)12-5-3-2-4-6-12/h2-6,13-14H,7-11H2,1H3,(H,17,18). The first-order valence-electron chi connectivity index (χ1n) is 6.73. The van der Waals surface area contributed by atoms with Gasteiger partial charge in [0.25, 0.3) is 0 Å². The Morgan fingerprint density at radius 3 is 2.53 bits per heavy atom. The maximum absolute atomic E-state index is 11.4. The molecule has 2 rings (SSSR count). The molecule has 1 saturated heterocycles. The Labute approximate surface area is 114 Å². The second kappa shape index (κ2) is 6.68. The van der Waals surface area contributed by atoms with Crippen molar-refractivity contribution in [1.82, 2.24) is 4.90 Å². The quantitative estimate of drug-likeness (QED) is 0.882. The van der Waals surface area contributed by atoms with Gasteiger partial charge in [0.15, 0.2) is 0 Å². The molecule has 1 N–H and O–H groups in total. The van der Waals surface area contributed by atoms with Gasteiger partial charge in [0.1, 0.15) is 0 Å². The summed E-state index contributed by atoms with van der Waals surface area (Å²) in [5, 5.41) is 9.40. The second-order valence-corrected chi connectivity index (χ2v) is 5.04. The fourth-order valence-electron chi connectivity index (χ4n) is 2.60. The van der Waals surface area contributed by atoms with Crippen molar-refractivity contribution >= 4 is 5.97 Å². The highest BCUT2D eigenvalue weighted by atomic mass is 16.5. The van der Waals surface area contributed by atoms with Crippen molar-refractivity contribution in [2.75, 3.05) is 26.7 Å². The van der Waals surface area contributed by atoms with E-state index in [4.69, 9.17) is 4.74 Å². The lowest BCUT2D eigenvalue weighted by atomic mass is 9.97. The van der Waals surface area contributed by atoms with E-state index in [-0.39, 0.29) is 0 Å². The predicted molar refractivity (Wildman–Crippen MR) is 73.3 cm³/mol. The Morgan fingerprint density at radius 1 is 1.37 bits per heavy atom. The van der Waals surface area contributed by atoms with E-state index in [1.54, 1.807) is 7.11 Å². The Morgan fingerprint density at radius 2 is 2.00 bits per heavy atom. The summed E-state index contributed by atoms with van der Waals surface area (Å²) < 4.78 is 5.33. The Hall–Kier alpha value is -1.39. The van der Waals surface area contributed by atoms with Crippen LogP contribution in [-0.2, 0) is 9.53 Å². The molecule has 1 aromatic carbocycles. The highest BCUT2D eigenvalue weighted by Gasteiger charge is 2.26. The van der Waals surface area contributed by atoms with Gasteiger partial charge in [-0.05, 0) is 18.4 Å². The van der Waals surface area contributed by atoms with Crippen molar-refractivity contribution in [1.29, 1.82) is 0 Å². The molecule has 0 bridgehead atoms. The molecular formula is C15H21NO3. The third-order valence-corrected chi connectivity index (χ3v) is 3.81. The van der Waals surface area contributed by atoms with Crippen LogP contribution in [0.5, 0.6) is 0 Å². The van der Waals surface area contributed by atoms with Crippen LogP contribution in [0.4, 0.5) is 0 Å². The topological polar surface area (TPSA) is 49.8 Å². The molecule has 4 nitrogen and oxygen atoms in total. The first kappa shape index (κ1) is 14.0. The number of hydrogen-bond acceptors (Lipinski definition) is 3. The molecule has 19 heavy (non-hydrogen) atoms. The number of rotatable bonds is 5. The zero-order valence-electron chi connectivity index (χ0n) is 11.3. The van der Waals surface area contributed by atoms with Crippen LogP contribution in [0.1, 0.15) is 24.3 Å². The average Bonchev–Trinajstić information content (AvgIpc) is 2.46. The van der Waals surface area contributed by atoms with Crippen LogP contribution >= 0.6 is 0 Å². The van der Waals surface area contributed by atoms with Gasteiger partial charge in [-0.3, -0.25) is 4.79 Å². The number of carboxylic acids is 1. The predicted octanol–water partition coefficient (Wildman–Crippen LogP) is 1.97. The SMILES string of the molecule is COC1CCN(CC(C(=O)O)c2ccccc2)CC1. The molecular weight excluding hydrogens is 242 g/mol. The summed E-state index contributed by atoms with van der Waals surface area (Å²) in [5.41, 5.74) is 0.879. The molecule has 0 spiro atoms. The van der Waals surface area contributed by atoms with Crippen molar-refractivity contribution in [3.05, 3.63) is 35.9 Å². The van der Waals surface area contributed by atoms with Gasteiger partial charge >= 0.3 is 5.97 Å². The maximum Gasteiger partial charge on any atom is 0.312 e. The number of carbonyl (C=O) groups is 1. The molecule has 1 fully saturated rings. The molecule has 1 aliphatic heterocycles. The van der Waals surface area contributed by atoms with Crippen LogP contribution in [0.15, 0.2) is 30.3 Å². The third-order valence-electron chi connectivity index (χ3n) is 3.81. The van der Waals surface area contributed by atoms with Gasteiger partial charge in [-0.15, -0.1) is 0 Å². The smallest absolute Gasteiger partial charge is 0.312 e. The molecule has 1 heterocycles. The fraction of sp³-hybridized carbons (Fsp3) is 0.533. The van der Waals surface area contributed by atoms with Gasteiger partial charge in [-0.25, -0.2) is 0 Å². The minimum absolute atomic E-state index is 0.330. The van der Waals surface area contributed by atoms with Crippen molar-refractivity contribution in [3.63, 3.8) is 0 Å². The van der Waals surface area contributed by atoms with Gasteiger partial charge in [0, 0.05) is 26.7 Å². The Balaban J connectivity index is 1.97. The summed E-state index contributed by atoms with van der Waals surface area (Å²) in [6.45, 7) is 2.40. The van der Waals surface area contributed by atoms with E-state index in [1.165, 1.54) is 0 Å². The van der Waals surface area contributed by atoms with E-state index in [2.05, 4.69) is 4.90 Å². The summed E-state index contributed by atoms with van der Waals surface area (Å²) >= 11 is 0. The highest BCUT2D eigenvalue weighted by Crippen LogP contribution is 2.20. The number of ether oxygens (including phenoxy) is 1. The summed E-state index contributed by atoms with van der Waals surface area (Å²) in [6, 6.07) is 9.47. The lowest BCUT2D eigenvalue weighted by Crippen LogP contribution is -2.40. The number of carboxylic acid groups (broad SMARTS) is 1. The van der Waals surface area contributed by atoms with Crippen molar-refractivity contribution in [2.24, 2.45) is 0 Å². The summed E-state index contributed by atoms with van der Waals surface area (Å²) in [5.74, 6) is -1.19. The van der Waals surface area contributed by atoms with Gasteiger partial charge in [0.2, 0.25) is 0 Å². The Bertz CT molecular complexity index is 399. The maximum atomic E-state index is 11.4. The Kier molecular flexibility index (Phi) is 4.93. The summed E-state index contributed by atoms with van der Waals surface area (Å²) in [7, 11) is 1.74.